The molecule has 0 spiro atoms. The van der Waals surface area contributed by atoms with E-state index in [0.29, 0.717) is 10.6 Å². The van der Waals surface area contributed by atoms with Crippen molar-refractivity contribution < 1.29 is 4.79 Å². The maximum absolute atomic E-state index is 11.8. The van der Waals surface area contributed by atoms with E-state index < -0.39 is 0 Å². The molecule has 0 unspecified atom stereocenters. The van der Waals surface area contributed by atoms with Crippen molar-refractivity contribution in [3.05, 3.63) is 69.2 Å². The lowest BCUT2D eigenvalue weighted by atomic mass is 10.2. The number of nitrogens with zero attached hydrogens (tertiary/aromatic N) is 1. The highest BCUT2D eigenvalue weighted by molar-refractivity contribution is 9.10. The fraction of sp³-hybridized carbons (Fsp3) is 0. The predicted octanol–water partition coefficient (Wildman–Crippen LogP) is 3.87. The van der Waals surface area contributed by atoms with Gasteiger partial charge in [-0.1, -0.05) is 45.7 Å². The second kappa shape index (κ2) is 6.50. The molecular formula is C14H10BrClN2O. The van der Waals surface area contributed by atoms with Crippen LogP contribution in [0.25, 0.3) is 0 Å². The van der Waals surface area contributed by atoms with E-state index in [1.54, 1.807) is 30.3 Å². The number of carbonyl (C=O) groups excluding carboxylic acids is 1. The molecule has 0 heterocycles. The summed E-state index contributed by atoms with van der Waals surface area (Å²) in [6.07, 6.45) is 1.51. The second-order valence-corrected chi connectivity index (χ2v) is 5.05. The average molecular weight is 338 g/mol. The number of amides is 1. The third-order valence-electron chi connectivity index (χ3n) is 2.38. The highest BCUT2D eigenvalue weighted by Gasteiger charge is 2.03. The number of hydrazone groups is 1. The summed E-state index contributed by atoms with van der Waals surface area (Å²) < 4.78 is 0.920. The first kappa shape index (κ1) is 13.8. The third kappa shape index (κ3) is 3.91. The van der Waals surface area contributed by atoms with E-state index in [1.807, 2.05) is 18.2 Å². The van der Waals surface area contributed by atoms with Gasteiger partial charge in [0.15, 0.2) is 0 Å². The Bertz CT molecular complexity index is 611. The number of halogens is 2. The van der Waals surface area contributed by atoms with Gasteiger partial charge in [-0.05, 0) is 30.3 Å². The molecule has 19 heavy (non-hydrogen) atoms. The van der Waals surface area contributed by atoms with Gasteiger partial charge in [0.05, 0.1) is 6.21 Å². The maximum atomic E-state index is 11.8. The van der Waals surface area contributed by atoms with Gasteiger partial charge < -0.3 is 0 Å². The van der Waals surface area contributed by atoms with E-state index in [9.17, 15) is 4.79 Å². The Balaban J connectivity index is 2.01. The molecule has 1 N–H and O–H groups in total. The van der Waals surface area contributed by atoms with E-state index in [2.05, 4.69) is 26.5 Å². The van der Waals surface area contributed by atoms with Crippen molar-refractivity contribution in [2.45, 2.75) is 0 Å². The highest BCUT2D eigenvalue weighted by atomic mass is 79.9. The summed E-state index contributed by atoms with van der Waals surface area (Å²) in [4.78, 5) is 11.8. The quantitative estimate of drug-likeness (QED) is 0.670. The zero-order valence-corrected chi connectivity index (χ0v) is 12.1. The van der Waals surface area contributed by atoms with Crippen molar-refractivity contribution in [1.29, 1.82) is 0 Å². The van der Waals surface area contributed by atoms with Gasteiger partial charge in [0.1, 0.15) is 0 Å². The minimum atomic E-state index is -0.268. The number of rotatable bonds is 3. The first-order valence-corrected chi connectivity index (χ1v) is 6.67. The molecule has 3 nitrogen and oxygen atoms in total. The first-order valence-electron chi connectivity index (χ1n) is 5.50. The summed E-state index contributed by atoms with van der Waals surface area (Å²) in [6.45, 7) is 0. The van der Waals surface area contributed by atoms with E-state index in [-0.39, 0.29) is 5.91 Å². The molecule has 0 aliphatic carbocycles. The standard InChI is InChI=1S/C14H10BrClN2O/c15-12-7-5-10(6-8-12)14(19)18-17-9-11-3-1-2-4-13(11)16/h1-9H,(H,18,19)/b17-9-. The molecule has 0 fully saturated rings. The Labute approximate surface area is 124 Å². The lowest BCUT2D eigenvalue weighted by molar-refractivity contribution is 0.0955. The van der Waals surface area contributed by atoms with Gasteiger partial charge in [-0.15, -0.1) is 0 Å². The minimum absolute atomic E-state index is 0.268. The van der Waals surface area contributed by atoms with Crippen LogP contribution in [0.15, 0.2) is 58.1 Å². The molecule has 0 aliphatic heterocycles. The van der Waals surface area contributed by atoms with Crippen LogP contribution in [0, 0.1) is 0 Å². The Morgan fingerprint density at radius 1 is 1.16 bits per heavy atom. The molecule has 0 radical (unpaired) electrons. The van der Waals surface area contributed by atoms with Crippen LogP contribution >= 0.6 is 27.5 Å². The van der Waals surface area contributed by atoms with Gasteiger partial charge in [0.25, 0.3) is 5.91 Å². The number of benzene rings is 2. The largest absolute Gasteiger partial charge is 0.271 e. The smallest absolute Gasteiger partial charge is 0.267 e. The Morgan fingerprint density at radius 2 is 1.84 bits per heavy atom. The molecule has 96 valence electrons. The third-order valence-corrected chi connectivity index (χ3v) is 3.25. The zero-order chi connectivity index (χ0) is 13.7. The van der Waals surface area contributed by atoms with Gasteiger partial charge in [-0.25, -0.2) is 5.43 Å². The number of carbonyl (C=O) groups is 1. The topological polar surface area (TPSA) is 41.5 Å². The van der Waals surface area contributed by atoms with Crippen molar-refractivity contribution in [2.75, 3.05) is 0 Å². The summed E-state index contributed by atoms with van der Waals surface area (Å²) >= 11 is 9.27. The fourth-order valence-electron chi connectivity index (χ4n) is 1.41. The van der Waals surface area contributed by atoms with Crippen LogP contribution in [0.2, 0.25) is 5.02 Å². The van der Waals surface area contributed by atoms with Crippen molar-refractivity contribution in [2.24, 2.45) is 5.10 Å². The lowest BCUT2D eigenvalue weighted by Gasteiger charge is -2.00. The van der Waals surface area contributed by atoms with Crippen LogP contribution in [0.3, 0.4) is 0 Å². The molecule has 0 aliphatic rings. The SMILES string of the molecule is O=C(N/N=C\c1ccccc1Cl)c1ccc(Br)cc1. The minimum Gasteiger partial charge on any atom is -0.267 e. The van der Waals surface area contributed by atoms with Crippen LogP contribution in [-0.2, 0) is 0 Å². The molecule has 1 amide bonds. The number of nitrogens with one attached hydrogen (secondary N) is 1. The average Bonchev–Trinajstić information content (AvgIpc) is 2.41. The normalized spacial score (nSPS) is 10.6. The summed E-state index contributed by atoms with van der Waals surface area (Å²) in [6, 6.07) is 14.3. The van der Waals surface area contributed by atoms with Crippen molar-refractivity contribution in [3.8, 4) is 0 Å². The highest BCUT2D eigenvalue weighted by Crippen LogP contribution is 2.12. The molecule has 5 heteroatoms. The van der Waals surface area contributed by atoms with Gasteiger partial charge >= 0.3 is 0 Å². The number of hydrogen-bond acceptors (Lipinski definition) is 2. The molecule has 2 rings (SSSR count). The molecule has 0 saturated carbocycles. The summed E-state index contributed by atoms with van der Waals surface area (Å²) in [7, 11) is 0. The Hall–Kier alpha value is -1.65. The van der Waals surface area contributed by atoms with Crippen LogP contribution in [0.4, 0.5) is 0 Å². The molecule has 0 atom stereocenters. The number of hydrogen-bond donors (Lipinski definition) is 1. The molecular weight excluding hydrogens is 328 g/mol. The van der Waals surface area contributed by atoms with Crippen LogP contribution in [0.1, 0.15) is 15.9 Å². The summed E-state index contributed by atoms with van der Waals surface area (Å²) in [5.41, 5.74) is 3.74. The summed E-state index contributed by atoms with van der Waals surface area (Å²) in [5.74, 6) is -0.268. The van der Waals surface area contributed by atoms with Gasteiger partial charge in [0, 0.05) is 20.6 Å². The zero-order valence-electron chi connectivity index (χ0n) is 9.81. The van der Waals surface area contributed by atoms with Gasteiger partial charge in [-0.2, -0.15) is 5.10 Å². The second-order valence-electron chi connectivity index (χ2n) is 3.73. The van der Waals surface area contributed by atoms with E-state index in [0.717, 1.165) is 10.0 Å². The Morgan fingerprint density at radius 3 is 2.53 bits per heavy atom. The molecule has 0 aromatic heterocycles. The van der Waals surface area contributed by atoms with Crippen LogP contribution in [0.5, 0.6) is 0 Å². The van der Waals surface area contributed by atoms with Crippen LogP contribution < -0.4 is 5.43 Å². The first-order chi connectivity index (χ1) is 9.16. The molecule has 2 aromatic carbocycles. The lowest BCUT2D eigenvalue weighted by Crippen LogP contribution is -2.17. The van der Waals surface area contributed by atoms with E-state index in [1.165, 1.54) is 6.21 Å². The van der Waals surface area contributed by atoms with Crippen molar-refractivity contribution >= 4 is 39.7 Å². The predicted molar refractivity (Wildman–Crippen MR) is 80.7 cm³/mol. The summed E-state index contributed by atoms with van der Waals surface area (Å²) in [5, 5.41) is 4.47. The van der Waals surface area contributed by atoms with Gasteiger partial charge in [0.2, 0.25) is 0 Å². The maximum Gasteiger partial charge on any atom is 0.271 e. The van der Waals surface area contributed by atoms with Crippen molar-refractivity contribution in [3.63, 3.8) is 0 Å². The van der Waals surface area contributed by atoms with Crippen molar-refractivity contribution in [1.82, 2.24) is 5.43 Å². The molecule has 2 aromatic rings. The van der Waals surface area contributed by atoms with E-state index in [4.69, 9.17) is 11.6 Å². The molecule has 0 bridgehead atoms. The monoisotopic (exact) mass is 336 g/mol. The fourth-order valence-corrected chi connectivity index (χ4v) is 1.85. The van der Waals surface area contributed by atoms with Gasteiger partial charge in [-0.3, -0.25) is 4.79 Å². The van der Waals surface area contributed by atoms with Crippen LogP contribution in [-0.4, -0.2) is 12.1 Å². The van der Waals surface area contributed by atoms with E-state index >= 15 is 0 Å². The Kier molecular flexibility index (Phi) is 4.71. The molecule has 0 saturated heterocycles.